The third-order valence-corrected chi connectivity index (χ3v) is 5.48. The number of rotatable bonds is 8. The largest absolute Gasteiger partial charge is 0.386 e. The highest BCUT2D eigenvalue weighted by Gasteiger charge is 2.30. The monoisotopic (exact) mass is 320 g/mol. The Morgan fingerprint density at radius 2 is 1.86 bits per heavy atom. The minimum absolute atomic E-state index is 0.0229. The van der Waals surface area contributed by atoms with Crippen molar-refractivity contribution in [1.29, 1.82) is 5.41 Å². The number of nitrogens with one attached hydrogen (secondary N) is 1. The fourth-order valence-electron chi connectivity index (χ4n) is 2.49. The number of nitrogens with two attached hydrogens (primary N) is 1. The number of piperazine rings is 1. The standard InChI is InChI=1S/C13H28N4O3S/c1-4-12(13(14)15)16-5-7-17(8-6-16)21(18,19)10-9-20-11(2)3/h11-12H,4-10H2,1-3H3,(H3,14,15). The van der Waals surface area contributed by atoms with Gasteiger partial charge in [0.25, 0.3) is 0 Å². The predicted octanol–water partition coefficient (Wildman–Crippen LogP) is 0.0734. The molecule has 1 atom stereocenters. The summed E-state index contributed by atoms with van der Waals surface area (Å²) < 4.78 is 31.2. The highest BCUT2D eigenvalue weighted by Crippen LogP contribution is 2.12. The van der Waals surface area contributed by atoms with E-state index in [1.807, 2.05) is 20.8 Å². The molecule has 1 saturated heterocycles. The van der Waals surface area contributed by atoms with Crippen LogP contribution in [0.4, 0.5) is 0 Å². The molecule has 3 N–H and O–H groups in total. The fourth-order valence-corrected chi connectivity index (χ4v) is 3.77. The maximum atomic E-state index is 12.2. The van der Waals surface area contributed by atoms with Gasteiger partial charge in [-0.25, -0.2) is 8.42 Å². The van der Waals surface area contributed by atoms with Crippen LogP contribution in [0.15, 0.2) is 0 Å². The first-order valence-electron chi connectivity index (χ1n) is 7.45. The SMILES string of the molecule is CCC(C(=N)N)N1CCN(S(=O)(=O)CCOC(C)C)CC1. The van der Waals surface area contributed by atoms with Crippen molar-refractivity contribution in [3.63, 3.8) is 0 Å². The van der Waals surface area contributed by atoms with Gasteiger partial charge in [0.2, 0.25) is 10.0 Å². The molecule has 1 aliphatic heterocycles. The van der Waals surface area contributed by atoms with Gasteiger partial charge in [0.15, 0.2) is 0 Å². The van der Waals surface area contributed by atoms with Crippen molar-refractivity contribution in [1.82, 2.24) is 9.21 Å². The van der Waals surface area contributed by atoms with Crippen LogP contribution in [0.25, 0.3) is 0 Å². The second kappa shape index (κ2) is 8.07. The molecule has 8 heteroatoms. The Hall–Kier alpha value is -0.700. The van der Waals surface area contributed by atoms with E-state index in [-0.39, 0.29) is 30.3 Å². The third-order valence-electron chi connectivity index (χ3n) is 3.65. The molecule has 124 valence electrons. The summed E-state index contributed by atoms with van der Waals surface area (Å²) >= 11 is 0. The van der Waals surface area contributed by atoms with Crippen molar-refractivity contribution in [3.8, 4) is 0 Å². The van der Waals surface area contributed by atoms with Gasteiger partial charge in [-0.05, 0) is 20.3 Å². The summed E-state index contributed by atoms with van der Waals surface area (Å²) in [5.41, 5.74) is 5.59. The summed E-state index contributed by atoms with van der Waals surface area (Å²) in [6.45, 7) is 8.12. The number of nitrogens with zero attached hydrogens (tertiary/aromatic N) is 2. The number of sulfonamides is 1. The Morgan fingerprint density at radius 1 is 1.29 bits per heavy atom. The molecule has 21 heavy (non-hydrogen) atoms. The molecule has 1 unspecified atom stereocenters. The van der Waals surface area contributed by atoms with E-state index < -0.39 is 10.0 Å². The van der Waals surface area contributed by atoms with Gasteiger partial charge in [0.05, 0.1) is 24.5 Å². The van der Waals surface area contributed by atoms with Crippen LogP contribution in [-0.2, 0) is 14.8 Å². The molecule has 0 spiro atoms. The maximum absolute atomic E-state index is 12.2. The van der Waals surface area contributed by atoms with Crippen molar-refractivity contribution in [2.75, 3.05) is 38.5 Å². The van der Waals surface area contributed by atoms with Crippen LogP contribution < -0.4 is 5.73 Å². The molecule has 0 aromatic carbocycles. The van der Waals surface area contributed by atoms with E-state index in [1.165, 1.54) is 4.31 Å². The molecule has 0 aromatic heterocycles. The number of amidine groups is 1. The Bertz CT molecular complexity index is 431. The van der Waals surface area contributed by atoms with Gasteiger partial charge in [0.1, 0.15) is 5.84 Å². The Balaban J connectivity index is 2.49. The van der Waals surface area contributed by atoms with E-state index >= 15 is 0 Å². The van der Waals surface area contributed by atoms with Crippen molar-refractivity contribution in [2.24, 2.45) is 5.73 Å². The van der Waals surface area contributed by atoms with E-state index in [2.05, 4.69) is 4.90 Å². The average molecular weight is 320 g/mol. The van der Waals surface area contributed by atoms with Crippen molar-refractivity contribution in [2.45, 2.75) is 39.3 Å². The molecule has 1 fully saturated rings. The first kappa shape index (κ1) is 18.3. The normalized spacial score (nSPS) is 19.8. The van der Waals surface area contributed by atoms with Crippen molar-refractivity contribution >= 4 is 15.9 Å². The summed E-state index contributed by atoms with van der Waals surface area (Å²) in [6, 6.07) is -0.0841. The predicted molar refractivity (Wildman–Crippen MR) is 84.0 cm³/mol. The lowest BCUT2D eigenvalue weighted by molar-refractivity contribution is 0.0901. The van der Waals surface area contributed by atoms with Gasteiger partial charge >= 0.3 is 0 Å². The molecule has 0 aliphatic carbocycles. The van der Waals surface area contributed by atoms with Gasteiger partial charge in [-0.3, -0.25) is 10.3 Å². The first-order chi connectivity index (χ1) is 9.77. The summed E-state index contributed by atoms with van der Waals surface area (Å²) in [6.07, 6.45) is 0.808. The van der Waals surface area contributed by atoms with E-state index in [4.69, 9.17) is 15.9 Å². The lowest BCUT2D eigenvalue weighted by Crippen LogP contribution is -2.55. The van der Waals surface area contributed by atoms with Gasteiger partial charge in [-0.15, -0.1) is 0 Å². The molecular formula is C13H28N4O3S. The van der Waals surface area contributed by atoms with E-state index in [9.17, 15) is 8.42 Å². The van der Waals surface area contributed by atoms with E-state index in [0.29, 0.717) is 26.2 Å². The zero-order chi connectivity index (χ0) is 16.0. The summed E-state index contributed by atoms with van der Waals surface area (Å²) in [7, 11) is -3.26. The van der Waals surface area contributed by atoms with Gasteiger partial charge in [-0.1, -0.05) is 6.92 Å². The van der Waals surface area contributed by atoms with Gasteiger partial charge in [0, 0.05) is 26.2 Å². The molecule has 1 rings (SSSR count). The number of hydrogen-bond acceptors (Lipinski definition) is 5. The third kappa shape index (κ3) is 5.54. The van der Waals surface area contributed by atoms with Crippen LogP contribution in [0.1, 0.15) is 27.2 Å². The molecule has 0 aromatic rings. The van der Waals surface area contributed by atoms with Crippen LogP contribution in [0.5, 0.6) is 0 Å². The molecule has 1 aliphatic rings. The number of hydrogen-bond donors (Lipinski definition) is 2. The van der Waals surface area contributed by atoms with Crippen molar-refractivity contribution in [3.05, 3.63) is 0 Å². The van der Waals surface area contributed by atoms with Crippen LogP contribution in [-0.4, -0.2) is 74.1 Å². The smallest absolute Gasteiger partial charge is 0.216 e. The van der Waals surface area contributed by atoms with Crippen LogP contribution in [0.2, 0.25) is 0 Å². The van der Waals surface area contributed by atoms with Crippen LogP contribution in [0, 0.1) is 5.41 Å². The lowest BCUT2D eigenvalue weighted by Gasteiger charge is -2.37. The molecule has 7 nitrogen and oxygen atoms in total. The highest BCUT2D eigenvalue weighted by atomic mass is 32.2. The second-order valence-corrected chi connectivity index (χ2v) is 7.64. The average Bonchev–Trinajstić information content (AvgIpc) is 2.39. The molecular weight excluding hydrogens is 292 g/mol. The Labute approximate surface area is 128 Å². The topological polar surface area (TPSA) is 99.7 Å². The van der Waals surface area contributed by atoms with E-state index in [0.717, 1.165) is 6.42 Å². The lowest BCUT2D eigenvalue weighted by atomic mass is 10.1. The fraction of sp³-hybridized carbons (Fsp3) is 0.923. The Morgan fingerprint density at radius 3 is 2.29 bits per heavy atom. The first-order valence-corrected chi connectivity index (χ1v) is 9.06. The quantitative estimate of drug-likeness (QED) is 0.487. The van der Waals surface area contributed by atoms with Crippen LogP contribution in [0.3, 0.4) is 0 Å². The van der Waals surface area contributed by atoms with E-state index in [1.54, 1.807) is 0 Å². The summed E-state index contributed by atoms with van der Waals surface area (Å²) in [4.78, 5) is 2.08. The molecule has 0 saturated carbocycles. The zero-order valence-electron chi connectivity index (χ0n) is 13.2. The van der Waals surface area contributed by atoms with Crippen LogP contribution >= 0.6 is 0 Å². The van der Waals surface area contributed by atoms with Gasteiger partial charge < -0.3 is 10.5 Å². The molecule has 0 amide bonds. The zero-order valence-corrected chi connectivity index (χ0v) is 14.0. The van der Waals surface area contributed by atoms with Gasteiger partial charge in [-0.2, -0.15) is 4.31 Å². The second-order valence-electron chi connectivity index (χ2n) is 5.55. The van der Waals surface area contributed by atoms with Crippen molar-refractivity contribution < 1.29 is 13.2 Å². The molecule has 1 heterocycles. The molecule has 0 bridgehead atoms. The minimum atomic E-state index is -3.26. The maximum Gasteiger partial charge on any atom is 0.216 e. The molecule has 0 radical (unpaired) electrons. The summed E-state index contributed by atoms with van der Waals surface area (Å²) in [5.74, 6) is 0.175. The highest BCUT2D eigenvalue weighted by molar-refractivity contribution is 7.89. The Kier molecular flexibility index (Phi) is 7.05. The summed E-state index contributed by atoms with van der Waals surface area (Å²) in [5, 5.41) is 7.58. The number of ether oxygens (including phenoxy) is 1. The minimum Gasteiger partial charge on any atom is -0.386 e.